The van der Waals surface area contributed by atoms with Crippen LogP contribution < -0.4 is 9.80 Å². The first kappa shape index (κ1) is 89.2. The Kier molecular flexibility index (Phi) is 24.3. The standard InChI is InChI=1S/C35H37ClN4O4S.C33H33ClN4O4S.C30H29BrClN3O3S/c1-7-43-33(41)29(44-34(3,4)5)27-20(2)14-25-30(28(27)21-8-11-23(36)12-9-21)45-32(37-25)22-10-13-26-24(15-22)31(38-39(26)6)40-16-35(17-40)18-42-19-35;1-18-12-23-28(26(19-6-9-21(34)10-7-19)25(18)27(31(39)40)42-32(2,3)4)43-30(35-23)20-8-11-24-22(13-20)29(36-37(24)5)38-14-33(15-38)16-41-17-33;1-7-37-29(36)25(38-30(3,4)5)23-16(2)14-21-26(24(23)17-8-11-19(32)12-9-17)39-28(33-21)18-10-13-22-20(15-18)27(31)34-35(22)6/h8-15,29H,7,16-19H2,1-6H3;6-13,27H,14-17H2,1-5H3,(H,39,40);8-15,25H,7H2,1-6H3/t29-;27-;25-/m000/s1. The molecule has 1 N–H and O–H groups in total. The molecule has 658 valence electrons. The van der Waals surface area contributed by atoms with Crippen LogP contribution in [0.4, 0.5) is 11.6 Å². The molecule has 29 heteroatoms. The molecule has 0 unspecified atom stereocenters. The summed E-state index contributed by atoms with van der Waals surface area (Å²) in [6, 6.07) is 47.9. The van der Waals surface area contributed by atoms with Gasteiger partial charge in [0.2, 0.25) is 0 Å². The number of thiazole rings is 3. The van der Waals surface area contributed by atoms with Crippen molar-refractivity contribution in [2.45, 2.75) is 132 Å². The number of ether oxygens (including phenoxy) is 7. The minimum atomic E-state index is -1.16. The number of hydrogen-bond donors (Lipinski definition) is 1. The zero-order chi connectivity index (χ0) is 90.0. The van der Waals surface area contributed by atoms with Crippen molar-refractivity contribution in [2.75, 3.05) is 75.6 Å². The summed E-state index contributed by atoms with van der Waals surface area (Å²) in [7, 11) is 5.90. The highest BCUT2D eigenvalue weighted by Crippen LogP contribution is 2.52. The van der Waals surface area contributed by atoms with Gasteiger partial charge in [-0.15, -0.1) is 34.0 Å². The highest BCUT2D eigenvalue weighted by Gasteiger charge is 2.52. The molecule has 4 saturated heterocycles. The van der Waals surface area contributed by atoms with Crippen LogP contribution in [0, 0.1) is 31.6 Å². The van der Waals surface area contributed by atoms with E-state index in [1.54, 1.807) is 40.9 Å². The molecular formula is C98H99BrCl3N11O11S3. The van der Waals surface area contributed by atoms with E-state index in [4.69, 9.17) is 93.1 Å². The zero-order valence-electron chi connectivity index (χ0n) is 73.8. The number of halogens is 4. The second-order valence-corrected chi connectivity index (χ2v) is 41.5. The monoisotopic (exact) mass is 1890 g/mol. The third kappa shape index (κ3) is 17.8. The van der Waals surface area contributed by atoms with Crippen molar-refractivity contribution < 1.29 is 52.6 Å². The first-order chi connectivity index (χ1) is 60.3. The summed E-state index contributed by atoms with van der Waals surface area (Å²) in [5.74, 6) is 0.131. The molecule has 127 heavy (non-hydrogen) atoms. The molecule has 6 aromatic heterocycles. The predicted octanol–water partition coefficient (Wildman–Crippen LogP) is 23.7. The minimum absolute atomic E-state index is 0.260. The zero-order valence-corrected chi connectivity index (χ0v) is 80.1. The Balaban J connectivity index is 0.000000135. The number of aryl methyl sites for hydroxylation is 6. The van der Waals surface area contributed by atoms with Gasteiger partial charge in [-0.2, -0.15) is 15.3 Å². The van der Waals surface area contributed by atoms with E-state index in [-0.39, 0.29) is 18.6 Å². The van der Waals surface area contributed by atoms with Gasteiger partial charge in [0, 0.05) is 129 Å². The fraction of sp³-hybridized carbons (Fsp3) is 0.357. The lowest BCUT2D eigenvalue weighted by atomic mass is 9.78. The van der Waals surface area contributed by atoms with Gasteiger partial charge in [-0.25, -0.2) is 29.3 Å². The Morgan fingerprint density at radius 2 is 0.732 bits per heavy atom. The number of nitrogens with zero attached hydrogens (tertiary/aromatic N) is 11. The number of carboxylic acid groups (broad SMARTS) is 1. The third-order valence-electron chi connectivity index (χ3n) is 23.2. The van der Waals surface area contributed by atoms with Gasteiger partial charge >= 0.3 is 17.9 Å². The summed E-state index contributed by atoms with van der Waals surface area (Å²) in [5, 5.41) is 32.3. The van der Waals surface area contributed by atoms with E-state index in [2.05, 4.69) is 91.5 Å². The first-order valence-corrected chi connectivity index (χ1v) is 46.6. The minimum Gasteiger partial charge on any atom is -0.479 e. The lowest BCUT2D eigenvalue weighted by Gasteiger charge is -2.55. The number of carbonyl (C=O) groups excluding carboxylic acids is 2. The van der Waals surface area contributed by atoms with Crippen molar-refractivity contribution in [3.8, 4) is 65.1 Å². The van der Waals surface area contributed by atoms with E-state index in [1.807, 2.05) is 210 Å². The second-order valence-electron chi connectivity index (χ2n) is 36.4. The molecule has 15 aromatic rings. The average Bonchev–Trinajstić information content (AvgIpc) is 1.59. The van der Waals surface area contributed by atoms with Crippen LogP contribution in [0.25, 0.3) is 128 Å². The molecule has 0 radical (unpaired) electrons. The normalized spacial score (nSPS) is 15.6. The van der Waals surface area contributed by atoms with Gasteiger partial charge in [0.25, 0.3) is 0 Å². The van der Waals surface area contributed by atoms with Crippen molar-refractivity contribution in [3.05, 3.63) is 199 Å². The van der Waals surface area contributed by atoms with Crippen LogP contribution in [-0.2, 0) is 68.7 Å². The SMILES string of the molecule is CCOC(=O)[C@@H](OC(C)(C)C)c1c(C)cc2nc(-c3ccc4c(c3)c(Br)nn4C)sc2c1-c1ccc(Cl)cc1.CCOC(=O)[C@@H](OC(C)(C)C)c1c(C)cc2nc(-c3ccc4c(c3)c(N3CC5(COC5)C3)nn4C)sc2c1-c1ccc(Cl)cc1.Cc1cc2nc(-c3ccc4c(c3)c(N3CC5(COC5)C3)nn4C)sc2c(-c2ccc(Cl)cc2)c1[C@H](OC(C)(C)C)C(=O)O. The third-order valence-corrected chi connectivity index (χ3v) is 27.9. The Hall–Kier alpha value is -9.78. The van der Waals surface area contributed by atoms with Gasteiger partial charge in [-0.05, 0) is 255 Å². The molecule has 19 rings (SSSR count). The van der Waals surface area contributed by atoms with Crippen molar-refractivity contribution in [3.63, 3.8) is 0 Å². The maximum atomic E-state index is 13.5. The number of rotatable bonds is 19. The number of benzene rings is 9. The van der Waals surface area contributed by atoms with E-state index in [1.165, 1.54) is 0 Å². The van der Waals surface area contributed by atoms with Crippen LogP contribution in [0.2, 0.25) is 15.1 Å². The van der Waals surface area contributed by atoms with Crippen molar-refractivity contribution >= 4 is 178 Å². The highest BCUT2D eigenvalue weighted by atomic mass is 79.9. The Morgan fingerprint density at radius 1 is 0.441 bits per heavy atom. The average molecular weight is 1890 g/mol. The molecule has 0 amide bonds. The first-order valence-electron chi connectivity index (χ1n) is 42.2. The lowest BCUT2D eigenvalue weighted by Crippen LogP contribution is -2.66. The summed E-state index contributed by atoms with van der Waals surface area (Å²) in [5.41, 5.74) is 17.6. The molecule has 10 heterocycles. The number of hydrogen-bond acceptors (Lipinski definition) is 21. The van der Waals surface area contributed by atoms with Crippen LogP contribution >= 0.6 is 84.7 Å². The van der Waals surface area contributed by atoms with Crippen LogP contribution in [0.3, 0.4) is 0 Å². The Labute approximate surface area is 772 Å². The molecule has 0 saturated carbocycles. The molecule has 0 aliphatic carbocycles. The Morgan fingerprint density at radius 3 is 1.03 bits per heavy atom. The van der Waals surface area contributed by atoms with Gasteiger partial charge in [-0.3, -0.25) is 14.0 Å². The number of esters is 2. The van der Waals surface area contributed by atoms with E-state index in [9.17, 15) is 19.5 Å². The number of aliphatic carboxylic acids is 1. The highest BCUT2D eigenvalue weighted by molar-refractivity contribution is 9.10. The van der Waals surface area contributed by atoms with Gasteiger partial charge in [0.15, 0.2) is 29.9 Å². The van der Waals surface area contributed by atoms with Crippen molar-refractivity contribution in [2.24, 2.45) is 32.0 Å². The summed E-state index contributed by atoms with van der Waals surface area (Å²) in [6.45, 7) is 34.5. The van der Waals surface area contributed by atoms with Crippen molar-refractivity contribution in [1.29, 1.82) is 0 Å². The molecule has 4 fully saturated rings. The van der Waals surface area contributed by atoms with Crippen LogP contribution in [0.5, 0.6) is 0 Å². The number of carbonyl (C=O) groups is 3. The summed E-state index contributed by atoms with van der Waals surface area (Å²) < 4.78 is 50.4. The van der Waals surface area contributed by atoms with Crippen LogP contribution in [0.15, 0.2) is 150 Å². The van der Waals surface area contributed by atoms with E-state index in [0.717, 1.165) is 225 Å². The molecule has 4 aliphatic heterocycles. The fourth-order valence-electron chi connectivity index (χ4n) is 17.5. The van der Waals surface area contributed by atoms with E-state index < -0.39 is 53.0 Å². The lowest BCUT2D eigenvalue weighted by molar-refractivity contribution is -0.167. The maximum Gasteiger partial charge on any atom is 0.339 e. The molecule has 3 atom stereocenters. The summed E-state index contributed by atoms with van der Waals surface area (Å²) in [4.78, 5) is 59.4. The molecule has 4 aliphatic rings. The van der Waals surface area contributed by atoms with E-state index in [0.29, 0.717) is 26.0 Å². The summed E-state index contributed by atoms with van der Waals surface area (Å²) >= 11 is 27.2. The molecule has 2 spiro atoms. The van der Waals surface area contributed by atoms with E-state index >= 15 is 0 Å². The quantitative estimate of drug-likeness (QED) is 0.0741. The number of fused-ring (bicyclic) bond motifs is 6. The smallest absolute Gasteiger partial charge is 0.339 e. The number of carboxylic acids is 1. The van der Waals surface area contributed by atoms with Gasteiger partial charge in [0.05, 0.1) is 114 Å². The topological polar surface area (TPSA) is 235 Å². The van der Waals surface area contributed by atoms with Gasteiger partial charge < -0.3 is 48.1 Å². The van der Waals surface area contributed by atoms with Crippen LogP contribution in [0.1, 0.15) is 128 Å². The second kappa shape index (κ2) is 34.6. The summed E-state index contributed by atoms with van der Waals surface area (Å²) in [6.07, 6.45) is -2.98. The van der Waals surface area contributed by atoms with Gasteiger partial charge in [0.1, 0.15) is 19.6 Å². The molecule has 9 aromatic carbocycles. The molecular weight excluding hydrogens is 1790 g/mol. The largest absolute Gasteiger partial charge is 0.479 e. The number of aromatic nitrogens is 9. The van der Waals surface area contributed by atoms with Gasteiger partial charge in [-0.1, -0.05) is 71.2 Å². The molecule has 22 nitrogen and oxygen atoms in total. The molecule has 0 bridgehead atoms. The van der Waals surface area contributed by atoms with Crippen LogP contribution in [-0.4, -0.2) is 150 Å². The Bertz CT molecular complexity index is 6820. The fourth-order valence-corrected chi connectivity index (χ4v) is 21.8. The maximum absolute atomic E-state index is 13.5. The number of anilines is 2. The predicted molar refractivity (Wildman–Crippen MR) is 514 cm³/mol. The van der Waals surface area contributed by atoms with Crippen molar-refractivity contribution in [1.82, 2.24) is 44.3 Å².